The van der Waals surface area contributed by atoms with Gasteiger partial charge in [-0.25, -0.2) is 0 Å². The number of aromatic nitrogens is 1. The highest BCUT2D eigenvalue weighted by atomic mass is 16.6. The molecule has 0 aliphatic carbocycles. The molecule has 2 rings (SSSR count). The Kier molecular flexibility index (Phi) is 4.88. The maximum atomic E-state index is 11.6. The molecule has 7 nitrogen and oxygen atoms in total. The average molecular weight is 302 g/mol. The molecule has 0 bridgehead atoms. The monoisotopic (exact) mass is 302 g/mol. The average Bonchev–Trinajstić information content (AvgIpc) is 2.46. The summed E-state index contributed by atoms with van der Waals surface area (Å²) in [6.07, 6.45) is 3.40. The molecule has 1 heterocycles. The van der Waals surface area contributed by atoms with Gasteiger partial charge >= 0.3 is 0 Å². The third-order valence-electron chi connectivity index (χ3n) is 3.11. The topological polar surface area (TPSA) is 97.2 Å². The number of nitro groups is 1. The second-order valence-electron chi connectivity index (χ2n) is 5.21. The summed E-state index contributed by atoms with van der Waals surface area (Å²) >= 11 is 0. The van der Waals surface area contributed by atoms with Gasteiger partial charge in [0.15, 0.2) is 0 Å². The lowest BCUT2D eigenvalue weighted by atomic mass is 10.1. The number of carbonyl (C=O) groups excluding carboxylic acids is 1. The van der Waals surface area contributed by atoms with Gasteiger partial charge < -0.3 is 10.6 Å². The van der Waals surface area contributed by atoms with Gasteiger partial charge in [0.25, 0.3) is 5.69 Å². The number of hydrogen-bond donors (Lipinski definition) is 2. The zero-order chi connectivity index (χ0) is 16.1. The number of nitrogens with one attached hydrogen (secondary N) is 2. The summed E-state index contributed by atoms with van der Waals surface area (Å²) in [5.41, 5.74) is 0.770. The minimum atomic E-state index is -0.427. The Morgan fingerprint density at radius 2 is 2.09 bits per heavy atom. The van der Waals surface area contributed by atoms with Crippen molar-refractivity contribution in [2.24, 2.45) is 0 Å². The van der Waals surface area contributed by atoms with Crippen molar-refractivity contribution in [2.45, 2.75) is 26.3 Å². The van der Waals surface area contributed by atoms with Crippen LogP contribution in [0.3, 0.4) is 0 Å². The van der Waals surface area contributed by atoms with Crippen LogP contribution in [0.2, 0.25) is 0 Å². The standard InChI is InChI=1S/C15H18N4O3/c1-10(2)18-15(20)6-8-17-13-3-4-14(19(21)22)12-9-16-7-5-11(12)13/h3-5,7,9-10,17H,6,8H2,1-2H3,(H,18,20). The molecule has 2 aromatic rings. The fourth-order valence-electron chi connectivity index (χ4n) is 2.19. The molecule has 1 amide bonds. The predicted molar refractivity (Wildman–Crippen MR) is 84.8 cm³/mol. The number of rotatable bonds is 6. The molecule has 0 aliphatic heterocycles. The Morgan fingerprint density at radius 3 is 2.77 bits per heavy atom. The third-order valence-corrected chi connectivity index (χ3v) is 3.11. The Balaban J connectivity index is 2.14. The van der Waals surface area contributed by atoms with E-state index in [2.05, 4.69) is 15.6 Å². The fraction of sp³-hybridized carbons (Fsp3) is 0.333. The van der Waals surface area contributed by atoms with Crippen molar-refractivity contribution < 1.29 is 9.72 Å². The summed E-state index contributed by atoms with van der Waals surface area (Å²) in [4.78, 5) is 26.2. The van der Waals surface area contributed by atoms with Crippen LogP contribution >= 0.6 is 0 Å². The number of carbonyl (C=O) groups is 1. The lowest BCUT2D eigenvalue weighted by Crippen LogP contribution is -2.31. The van der Waals surface area contributed by atoms with Crippen molar-refractivity contribution in [1.29, 1.82) is 0 Å². The molecule has 0 saturated heterocycles. The first-order chi connectivity index (χ1) is 10.5. The fourth-order valence-corrected chi connectivity index (χ4v) is 2.19. The number of amides is 1. The van der Waals surface area contributed by atoms with Crippen molar-refractivity contribution in [3.8, 4) is 0 Å². The number of nitro benzene ring substituents is 1. The van der Waals surface area contributed by atoms with Crippen molar-refractivity contribution in [3.63, 3.8) is 0 Å². The zero-order valence-corrected chi connectivity index (χ0v) is 12.5. The normalized spacial score (nSPS) is 10.7. The van der Waals surface area contributed by atoms with Gasteiger partial charge in [-0.2, -0.15) is 0 Å². The zero-order valence-electron chi connectivity index (χ0n) is 12.5. The first-order valence-corrected chi connectivity index (χ1v) is 7.03. The van der Waals surface area contributed by atoms with Gasteiger partial charge in [0, 0.05) is 48.5 Å². The first-order valence-electron chi connectivity index (χ1n) is 7.03. The number of hydrogen-bond acceptors (Lipinski definition) is 5. The van der Waals surface area contributed by atoms with Crippen LogP contribution in [0.15, 0.2) is 30.6 Å². The first kappa shape index (κ1) is 15.7. The number of anilines is 1. The smallest absolute Gasteiger partial charge is 0.278 e. The molecule has 2 N–H and O–H groups in total. The Hall–Kier alpha value is -2.70. The molecule has 7 heteroatoms. The molecular weight excluding hydrogens is 284 g/mol. The van der Waals surface area contributed by atoms with Crippen LogP contribution in [0, 0.1) is 10.1 Å². The van der Waals surface area contributed by atoms with Gasteiger partial charge in [-0.15, -0.1) is 0 Å². The second-order valence-corrected chi connectivity index (χ2v) is 5.21. The van der Waals surface area contributed by atoms with E-state index in [1.54, 1.807) is 18.3 Å². The highest BCUT2D eigenvalue weighted by Crippen LogP contribution is 2.30. The van der Waals surface area contributed by atoms with E-state index in [-0.39, 0.29) is 17.6 Å². The predicted octanol–water partition coefficient (Wildman–Crippen LogP) is 2.47. The van der Waals surface area contributed by atoms with Crippen LogP contribution in [0.25, 0.3) is 10.8 Å². The van der Waals surface area contributed by atoms with Gasteiger partial charge in [-0.3, -0.25) is 19.9 Å². The highest BCUT2D eigenvalue weighted by Gasteiger charge is 2.14. The van der Waals surface area contributed by atoms with Crippen LogP contribution in [0.5, 0.6) is 0 Å². The van der Waals surface area contributed by atoms with Gasteiger partial charge in [0.2, 0.25) is 5.91 Å². The molecule has 1 aromatic carbocycles. The van der Waals surface area contributed by atoms with Crippen LogP contribution in [0.4, 0.5) is 11.4 Å². The summed E-state index contributed by atoms with van der Waals surface area (Å²) in [5.74, 6) is -0.0321. The van der Waals surface area contributed by atoms with Crippen molar-refractivity contribution in [3.05, 3.63) is 40.7 Å². The summed E-state index contributed by atoms with van der Waals surface area (Å²) < 4.78 is 0. The lowest BCUT2D eigenvalue weighted by Gasteiger charge is -2.11. The van der Waals surface area contributed by atoms with Gasteiger partial charge in [0.05, 0.1) is 10.3 Å². The number of nitrogens with zero attached hydrogens (tertiary/aromatic N) is 2. The molecule has 0 saturated carbocycles. The van der Waals surface area contributed by atoms with E-state index in [1.165, 1.54) is 12.3 Å². The van der Waals surface area contributed by atoms with Crippen LogP contribution in [0.1, 0.15) is 20.3 Å². The maximum absolute atomic E-state index is 11.6. The van der Waals surface area contributed by atoms with E-state index in [0.717, 1.165) is 5.69 Å². The molecule has 1 aromatic heterocycles. The molecule has 0 spiro atoms. The Bertz CT molecular complexity index is 700. The third kappa shape index (κ3) is 3.69. The van der Waals surface area contributed by atoms with Gasteiger partial charge in [0.1, 0.15) is 0 Å². The molecule has 0 aliphatic rings. The van der Waals surface area contributed by atoms with E-state index in [0.29, 0.717) is 23.7 Å². The number of non-ortho nitro benzene ring substituents is 1. The molecule has 0 unspecified atom stereocenters. The van der Waals surface area contributed by atoms with E-state index in [9.17, 15) is 14.9 Å². The van der Waals surface area contributed by atoms with Crippen LogP contribution < -0.4 is 10.6 Å². The maximum Gasteiger partial charge on any atom is 0.278 e. The van der Waals surface area contributed by atoms with Crippen molar-refractivity contribution in [1.82, 2.24) is 10.3 Å². The minimum absolute atomic E-state index is 0.0196. The van der Waals surface area contributed by atoms with E-state index >= 15 is 0 Å². The highest BCUT2D eigenvalue weighted by molar-refractivity contribution is 5.99. The van der Waals surface area contributed by atoms with Crippen molar-refractivity contribution >= 4 is 28.1 Å². The quantitative estimate of drug-likeness (QED) is 0.631. The Labute approximate surface area is 127 Å². The molecule has 22 heavy (non-hydrogen) atoms. The van der Waals surface area contributed by atoms with Crippen molar-refractivity contribution in [2.75, 3.05) is 11.9 Å². The molecular formula is C15H18N4O3. The summed E-state index contributed by atoms with van der Waals surface area (Å²) in [7, 11) is 0. The largest absolute Gasteiger partial charge is 0.384 e. The minimum Gasteiger partial charge on any atom is -0.384 e. The summed E-state index contributed by atoms with van der Waals surface area (Å²) in [6.45, 7) is 4.26. The lowest BCUT2D eigenvalue weighted by molar-refractivity contribution is -0.383. The number of fused-ring (bicyclic) bond motifs is 1. The Morgan fingerprint density at radius 1 is 1.32 bits per heavy atom. The summed E-state index contributed by atoms with van der Waals surface area (Å²) in [5, 5.41) is 18.2. The van der Waals surface area contributed by atoms with Crippen LogP contribution in [-0.4, -0.2) is 28.4 Å². The number of pyridine rings is 1. The SMILES string of the molecule is CC(C)NC(=O)CCNc1ccc([N+](=O)[O-])c2cnccc12. The van der Waals surface area contributed by atoms with E-state index < -0.39 is 4.92 Å². The molecule has 116 valence electrons. The molecule has 0 atom stereocenters. The molecule has 0 fully saturated rings. The van der Waals surface area contributed by atoms with Gasteiger partial charge in [-0.05, 0) is 26.0 Å². The van der Waals surface area contributed by atoms with E-state index in [4.69, 9.17) is 0 Å². The van der Waals surface area contributed by atoms with E-state index in [1.807, 2.05) is 13.8 Å². The number of benzene rings is 1. The summed E-state index contributed by atoms with van der Waals surface area (Å²) in [6, 6.07) is 4.93. The molecule has 0 radical (unpaired) electrons. The van der Waals surface area contributed by atoms with Crippen LogP contribution in [-0.2, 0) is 4.79 Å². The van der Waals surface area contributed by atoms with Gasteiger partial charge in [-0.1, -0.05) is 0 Å². The second kappa shape index (κ2) is 6.84.